The Morgan fingerprint density at radius 3 is 2.61 bits per heavy atom. The largest absolute Gasteiger partial charge is 0.573 e. The van der Waals surface area contributed by atoms with Crippen molar-refractivity contribution in [3.05, 3.63) is 75.7 Å². The molecule has 0 saturated heterocycles. The Balaban J connectivity index is 1.56. The first-order valence-corrected chi connectivity index (χ1v) is 12.0. The van der Waals surface area contributed by atoms with Gasteiger partial charge in [0.25, 0.3) is 5.56 Å². The van der Waals surface area contributed by atoms with Crippen LogP contribution in [0.15, 0.2) is 58.8 Å². The maximum absolute atomic E-state index is 13.3. The Kier molecular flexibility index (Phi) is 6.44. The number of hydrogen-bond acceptors (Lipinski definition) is 6. The summed E-state index contributed by atoms with van der Waals surface area (Å²) in [5.74, 6) is 1.37. The molecule has 0 bridgehead atoms. The third kappa shape index (κ3) is 5.23. The second-order valence-electron chi connectivity index (χ2n) is 8.27. The molecule has 4 aromatic rings. The zero-order valence-corrected chi connectivity index (χ0v) is 19.9. The fourth-order valence-corrected chi connectivity index (χ4v) is 4.46. The molecule has 6 nitrogen and oxygen atoms in total. The molecule has 0 atom stereocenters. The lowest BCUT2D eigenvalue weighted by Crippen LogP contribution is -2.18. The van der Waals surface area contributed by atoms with E-state index < -0.39 is 6.36 Å². The van der Waals surface area contributed by atoms with Crippen molar-refractivity contribution in [2.45, 2.75) is 19.2 Å². The number of fused-ring (bicyclic) bond motifs is 1. The first-order valence-electron chi connectivity index (χ1n) is 11.2. The quantitative estimate of drug-likeness (QED) is 0.277. The molecule has 0 aliphatic heterocycles. The molecule has 2 aromatic carbocycles. The fourth-order valence-electron chi connectivity index (χ4n) is 3.75. The van der Waals surface area contributed by atoms with E-state index in [9.17, 15) is 18.0 Å². The average Bonchev–Trinajstić information content (AvgIpc) is 3.56. The van der Waals surface area contributed by atoms with Gasteiger partial charge < -0.3 is 14.2 Å². The van der Waals surface area contributed by atoms with Crippen LogP contribution < -0.4 is 19.8 Å². The Bertz CT molecular complexity index is 1470. The van der Waals surface area contributed by atoms with Crippen LogP contribution in [0.1, 0.15) is 24.1 Å². The highest BCUT2D eigenvalue weighted by molar-refractivity contribution is 7.15. The van der Waals surface area contributed by atoms with Crippen molar-refractivity contribution >= 4 is 28.4 Å². The highest BCUT2D eigenvalue weighted by Gasteiger charge is 2.31. The predicted octanol–water partition coefficient (Wildman–Crippen LogP) is 6.29. The van der Waals surface area contributed by atoms with Gasteiger partial charge in [0.1, 0.15) is 5.75 Å². The summed E-state index contributed by atoms with van der Waals surface area (Å²) in [5, 5.41) is 1.74. The molecule has 1 aliphatic carbocycles. The molecule has 5 rings (SSSR count). The van der Waals surface area contributed by atoms with Gasteiger partial charge in [0.05, 0.1) is 25.0 Å². The van der Waals surface area contributed by atoms with E-state index in [2.05, 4.69) is 9.72 Å². The zero-order valence-electron chi connectivity index (χ0n) is 19.1. The topological polar surface area (TPSA) is 62.1 Å². The summed E-state index contributed by atoms with van der Waals surface area (Å²) < 4.78 is 54.6. The van der Waals surface area contributed by atoms with Crippen LogP contribution in [0, 0.1) is 5.92 Å². The molecule has 1 saturated carbocycles. The summed E-state index contributed by atoms with van der Waals surface area (Å²) in [6, 6.07) is 10.7. The first-order chi connectivity index (χ1) is 17.3. The van der Waals surface area contributed by atoms with E-state index in [1.165, 1.54) is 40.0 Å². The minimum absolute atomic E-state index is 0.254. The number of nitrogens with zero attached hydrogens (tertiary/aromatic N) is 2. The minimum atomic E-state index is -4.80. The second-order valence-corrected chi connectivity index (χ2v) is 9.14. The molecule has 1 fully saturated rings. The van der Waals surface area contributed by atoms with Crippen LogP contribution in [0.3, 0.4) is 0 Å². The van der Waals surface area contributed by atoms with E-state index in [1.54, 1.807) is 30.8 Å². The van der Waals surface area contributed by atoms with E-state index in [0.717, 1.165) is 18.4 Å². The van der Waals surface area contributed by atoms with Crippen LogP contribution >= 0.6 is 11.3 Å². The molecule has 0 N–H and O–H groups in total. The lowest BCUT2D eigenvalue weighted by atomic mass is 10.0. The smallest absolute Gasteiger partial charge is 0.493 e. The first kappa shape index (κ1) is 23.9. The number of para-hydroxylation sites is 1. The van der Waals surface area contributed by atoms with Gasteiger partial charge >= 0.3 is 6.36 Å². The Morgan fingerprint density at radius 1 is 1.14 bits per heavy atom. The lowest BCUT2D eigenvalue weighted by molar-refractivity contribution is -0.274. The van der Waals surface area contributed by atoms with E-state index >= 15 is 0 Å². The minimum Gasteiger partial charge on any atom is -0.493 e. The lowest BCUT2D eigenvalue weighted by Gasteiger charge is -2.13. The molecule has 2 aromatic heterocycles. The Labute approximate surface area is 208 Å². The van der Waals surface area contributed by atoms with Gasteiger partial charge in [-0.2, -0.15) is 0 Å². The number of benzene rings is 2. The van der Waals surface area contributed by atoms with Gasteiger partial charge in [-0.25, -0.2) is 4.98 Å². The van der Waals surface area contributed by atoms with E-state index in [1.807, 2.05) is 18.2 Å². The maximum atomic E-state index is 13.3. The molecule has 0 unspecified atom stereocenters. The molecule has 2 heterocycles. The van der Waals surface area contributed by atoms with Gasteiger partial charge in [-0.3, -0.25) is 9.20 Å². The van der Waals surface area contributed by atoms with Gasteiger partial charge in [-0.15, -0.1) is 24.5 Å². The van der Waals surface area contributed by atoms with Crippen LogP contribution in [0.2, 0.25) is 0 Å². The molecule has 186 valence electrons. The van der Waals surface area contributed by atoms with Gasteiger partial charge in [-0.1, -0.05) is 24.3 Å². The van der Waals surface area contributed by atoms with Crippen molar-refractivity contribution in [2.75, 3.05) is 13.7 Å². The van der Waals surface area contributed by atoms with Crippen molar-refractivity contribution in [1.82, 2.24) is 9.38 Å². The van der Waals surface area contributed by atoms with Crippen molar-refractivity contribution < 1.29 is 27.4 Å². The number of thiazole rings is 1. The zero-order chi connectivity index (χ0) is 25.3. The Morgan fingerprint density at radius 2 is 1.92 bits per heavy atom. The van der Waals surface area contributed by atoms with Crippen LogP contribution in [0.5, 0.6) is 17.2 Å². The van der Waals surface area contributed by atoms with Crippen molar-refractivity contribution in [3.63, 3.8) is 0 Å². The van der Waals surface area contributed by atoms with E-state index in [-0.39, 0.29) is 16.9 Å². The summed E-state index contributed by atoms with van der Waals surface area (Å²) >= 11 is 1.31. The molecule has 0 amide bonds. The summed E-state index contributed by atoms with van der Waals surface area (Å²) in [7, 11) is 1.57. The van der Waals surface area contributed by atoms with Crippen molar-refractivity contribution in [1.29, 1.82) is 0 Å². The molecule has 36 heavy (non-hydrogen) atoms. The molecular weight excluding hydrogens is 493 g/mol. The molecule has 0 spiro atoms. The summed E-state index contributed by atoms with van der Waals surface area (Å²) in [6.45, 7) is 0.597. The van der Waals surface area contributed by atoms with Crippen LogP contribution in [-0.2, 0) is 0 Å². The number of methoxy groups -OCH3 is 1. The Hall–Kier alpha value is -3.79. The third-order valence-electron chi connectivity index (χ3n) is 5.68. The van der Waals surface area contributed by atoms with Gasteiger partial charge in [0.2, 0.25) is 0 Å². The van der Waals surface area contributed by atoms with Crippen molar-refractivity contribution in [2.24, 2.45) is 5.92 Å². The number of halogens is 3. The number of alkyl halides is 3. The van der Waals surface area contributed by atoms with Gasteiger partial charge in [0.15, 0.2) is 16.5 Å². The van der Waals surface area contributed by atoms with E-state index in [4.69, 9.17) is 9.47 Å². The van der Waals surface area contributed by atoms with Crippen LogP contribution in [0.25, 0.3) is 28.2 Å². The SMILES string of the molecule is COc1cccc(C=Cc2nc3sccn3c(=O)c2-c2ccc(OC(F)(F)F)cc2)c1OCC1CC1. The predicted molar refractivity (Wildman–Crippen MR) is 132 cm³/mol. The number of rotatable bonds is 8. The van der Waals surface area contributed by atoms with Gasteiger partial charge in [-0.05, 0) is 54.7 Å². The molecule has 10 heteroatoms. The summed E-state index contributed by atoms with van der Waals surface area (Å²) in [6.07, 6.45) is 2.59. The van der Waals surface area contributed by atoms with Crippen molar-refractivity contribution in [3.8, 4) is 28.4 Å². The monoisotopic (exact) mass is 514 g/mol. The molecule has 1 aliphatic rings. The highest BCUT2D eigenvalue weighted by Crippen LogP contribution is 2.36. The fraction of sp³-hybridized carbons (Fsp3) is 0.231. The number of ether oxygens (including phenoxy) is 3. The maximum Gasteiger partial charge on any atom is 0.573 e. The number of hydrogen-bond donors (Lipinski definition) is 0. The second kappa shape index (κ2) is 9.69. The van der Waals surface area contributed by atoms with E-state index in [0.29, 0.717) is 40.2 Å². The standard InChI is InChI=1S/C26H21F3N2O4S/c1-33-21-4-2-3-18(23(21)34-15-16-5-6-16)9-12-20-22(24(32)31-13-14-36-25(31)30-20)17-7-10-19(11-8-17)35-26(27,28)29/h2-4,7-14,16H,5-6,15H2,1H3. The number of aromatic nitrogens is 2. The van der Waals surface area contributed by atoms with Gasteiger partial charge in [0, 0.05) is 17.1 Å². The van der Waals surface area contributed by atoms with Crippen LogP contribution in [0.4, 0.5) is 13.2 Å². The normalized spacial score (nSPS) is 13.9. The van der Waals surface area contributed by atoms with Crippen LogP contribution in [-0.4, -0.2) is 29.5 Å². The molecule has 0 radical (unpaired) electrons. The summed E-state index contributed by atoms with van der Waals surface area (Å²) in [4.78, 5) is 18.5. The highest BCUT2D eigenvalue weighted by atomic mass is 32.1. The molecular formula is C26H21F3N2O4S. The third-order valence-corrected chi connectivity index (χ3v) is 6.44. The summed E-state index contributed by atoms with van der Waals surface area (Å²) in [5.41, 5.74) is 1.47. The average molecular weight is 515 g/mol.